The van der Waals surface area contributed by atoms with Crippen molar-refractivity contribution in [1.82, 2.24) is 10.2 Å². The average Bonchev–Trinajstić information content (AvgIpc) is 2.66. The first kappa shape index (κ1) is 29.2. The number of nitrogens with one attached hydrogen (secondary N) is 1. The van der Waals surface area contributed by atoms with Crippen LogP contribution < -0.4 is 5.32 Å². The molecule has 0 amide bonds. The highest BCUT2D eigenvalue weighted by Gasteiger charge is 1.97. The summed E-state index contributed by atoms with van der Waals surface area (Å²) >= 11 is 0. The summed E-state index contributed by atoms with van der Waals surface area (Å²) in [5.41, 5.74) is 0. The van der Waals surface area contributed by atoms with E-state index < -0.39 is 0 Å². The van der Waals surface area contributed by atoms with E-state index in [2.05, 4.69) is 43.1 Å². The molecule has 1 N–H and O–H groups in total. The Labute approximate surface area is 178 Å². The van der Waals surface area contributed by atoms with Crippen molar-refractivity contribution in [3.8, 4) is 0 Å². The van der Waals surface area contributed by atoms with Gasteiger partial charge in [-0.2, -0.15) is 0 Å². The number of likely N-dealkylation sites (N-methyl/N-ethyl adjacent to an activating group) is 1. The highest BCUT2D eigenvalue weighted by atomic mass is 35.5. The van der Waals surface area contributed by atoms with Crippen LogP contribution in [0.5, 0.6) is 0 Å². The standard InChI is InChI=1S/C24H50N2.ClH/c1-4-7-8-9-10-11-12-13-14-15-16-17-18-19-20-21-22-25-23-24-26(5-2)6-3;/h13-14,25H,4-12,15-24H2,1-3H3;1H. The first-order valence-corrected chi connectivity index (χ1v) is 11.9. The third-order valence-electron chi connectivity index (χ3n) is 5.36. The molecule has 0 fully saturated rings. The van der Waals surface area contributed by atoms with Crippen LogP contribution >= 0.6 is 12.4 Å². The normalized spacial score (nSPS) is 11.4. The molecule has 0 radical (unpaired) electrons. The summed E-state index contributed by atoms with van der Waals surface area (Å²) in [6.07, 6.45) is 24.3. The van der Waals surface area contributed by atoms with E-state index in [1.54, 1.807) is 0 Å². The van der Waals surface area contributed by atoms with Gasteiger partial charge in [-0.15, -0.1) is 12.4 Å². The van der Waals surface area contributed by atoms with E-state index in [0.717, 1.165) is 6.54 Å². The van der Waals surface area contributed by atoms with Crippen LogP contribution in [0, 0.1) is 0 Å². The molecular weight excluding hydrogens is 352 g/mol. The summed E-state index contributed by atoms with van der Waals surface area (Å²) in [6, 6.07) is 0. The SMILES string of the molecule is CCCCCCCCC=CCCCCCCCCNCCN(CC)CC.Cl. The van der Waals surface area contributed by atoms with Crippen LogP contribution in [0.25, 0.3) is 0 Å². The summed E-state index contributed by atoms with van der Waals surface area (Å²) in [5.74, 6) is 0. The van der Waals surface area contributed by atoms with Crippen molar-refractivity contribution >= 4 is 12.4 Å². The Kier molecular flexibility index (Phi) is 28.0. The van der Waals surface area contributed by atoms with Gasteiger partial charge in [0, 0.05) is 13.1 Å². The molecule has 0 aliphatic rings. The Hall–Kier alpha value is -0.0500. The van der Waals surface area contributed by atoms with Crippen LogP contribution in [0.1, 0.15) is 111 Å². The minimum absolute atomic E-state index is 0. The number of nitrogens with zero attached hydrogens (tertiary/aromatic N) is 1. The van der Waals surface area contributed by atoms with Crippen LogP contribution in [0.4, 0.5) is 0 Å². The maximum Gasteiger partial charge on any atom is 0.0107 e. The minimum atomic E-state index is 0. The van der Waals surface area contributed by atoms with E-state index in [1.165, 1.54) is 116 Å². The average molecular weight is 403 g/mol. The van der Waals surface area contributed by atoms with E-state index in [0.29, 0.717) is 0 Å². The maximum atomic E-state index is 3.58. The fraction of sp³-hybridized carbons (Fsp3) is 0.917. The largest absolute Gasteiger partial charge is 0.315 e. The van der Waals surface area contributed by atoms with Crippen molar-refractivity contribution < 1.29 is 0 Å². The molecule has 0 atom stereocenters. The molecule has 0 aromatic carbocycles. The summed E-state index contributed by atoms with van der Waals surface area (Å²) in [5, 5.41) is 3.58. The molecule has 0 aromatic rings. The predicted octanol–water partition coefficient (Wildman–Crippen LogP) is 7.38. The lowest BCUT2D eigenvalue weighted by molar-refractivity contribution is 0.302. The van der Waals surface area contributed by atoms with Crippen LogP contribution in [-0.2, 0) is 0 Å². The summed E-state index contributed by atoms with van der Waals surface area (Å²) in [4.78, 5) is 2.48. The first-order chi connectivity index (χ1) is 12.8. The molecule has 0 saturated heterocycles. The lowest BCUT2D eigenvalue weighted by Gasteiger charge is -2.17. The van der Waals surface area contributed by atoms with Crippen LogP contribution in [0.15, 0.2) is 12.2 Å². The zero-order chi connectivity index (χ0) is 19.1. The minimum Gasteiger partial charge on any atom is -0.315 e. The Bertz CT molecular complexity index is 278. The van der Waals surface area contributed by atoms with E-state index in [-0.39, 0.29) is 12.4 Å². The Morgan fingerprint density at radius 1 is 0.593 bits per heavy atom. The van der Waals surface area contributed by atoms with Gasteiger partial charge in [0.05, 0.1) is 0 Å². The molecule has 0 heterocycles. The molecule has 0 saturated carbocycles. The molecule has 0 unspecified atom stereocenters. The second-order valence-electron chi connectivity index (χ2n) is 7.71. The lowest BCUT2D eigenvalue weighted by Crippen LogP contribution is -2.32. The zero-order valence-corrected chi connectivity index (χ0v) is 19.8. The highest BCUT2D eigenvalue weighted by molar-refractivity contribution is 5.85. The van der Waals surface area contributed by atoms with Gasteiger partial charge in [-0.1, -0.05) is 90.7 Å². The molecular formula is C24H51ClN2. The third kappa shape index (κ3) is 23.9. The van der Waals surface area contributed by atoms with E-state index in [4.69, 9.17) is 0 Å². The number of unbranched alkanes of at least 4 members (excludes halogenated alkanes) is 12. The van der Waals surface area contributed by atoms with E-state index in [1.807, 2.05) is 0 Å². The third-order valence-corrected chi connectivity index (χ3v) is 5.36. The zero-order valence-electron chi connectivity index (χ0n) is 18.9. The van der Waals surface area contributed by atoms with Gasteiger partial charge in [0.15, 0.2) is 0 Å². The number of rotatable bonds is 21. The van der Waals surface area contributed by atoms with Crippen molar-refractivity contribution in [1.29, 1.82) is 0 Å². The quantitative estimate of drug-likeness (QED) is 0.159. The van der Waals surface area contributed by atoms with Gasteiger partial charge in [0.25, 0.3) is 0 Å². The molecule has 3 heteroatoms. The smallest absolute Gasteiger partial charge is 0.0107 e. The summed E-state index contributed by atoms with van der Waals surface area (Å²) in [7, 11) is 0. The fourth-order valence-corrected chi connectivity index (χ4v) is 3.40. The summed E-state index contributed by atoms with van der Waals surface area (Å²) in [6.45, 7) is 12.7. The van der Waals surface area contributed by atoms with Gasteiger partial charge in [0.1, 0.15) is 0 Å². The Morgan fingerprint density at radius 3 is 1.59 bits per heavy atom. The first-order valence-electron chi connectivity index (χ1n) is 11.9. The Balaban J connectivity index is 0. The molecule has 0 spiro atoms. The molecule has 0 rings (SSSR count). The van der Waals surface area contributed by atoms with Crippen LogP contribution in [-0.4, -0.2) is 37.6 Å². The second kappa shape index (κ2) is 26.0. The van der Waals surface area contributed by atoms with Gasteiger partial charge in [0.2, 0.25) is 0 Å². The van der Waals surface area contributed by atoms with Crippen molar-refractivity contribution in [3.05, 3.63) is 12.2 Å². The number of hydrogen-bond donors (Lipinski definition) is 1. The number of allylic oxidation sites excluding steroid dienone is 2. The van der Waals surface area contributed by atoms with Crippen molar-refractivity contribution in [2.75, 3.05) is 32.7 Å². The van der Waals surface area contributed by atoms with Crippen molar-refractivity contribution in [2.45, 2.75) is 111 Å². The lowest BCUT2D eigenvalue weighted by atomic mass is 10.1. The van der Waals surface area contributed by atoms with Crippen molar-refractivity contribution in [2.24, 2.45) is 0 Å². The van der Waals surface area contributed by atoms with Crippen LogP contribution in [0.3, 0.4) is 0 Å². The second-order valence-corrected chi connectivity index (χ2v) is 7.71. The predicted molar refractivity (Wildman–Crippen MR) is 127 cm³/mol. The fourth-order valence-electron chi connectivity index (χ4n) is 3.40. The van der Waals surface area contributed by atoms with E-state index in [9.17, 15) is 0 Å². The molecule has 164 valence electrons. The molecule has 0 aromatic heterocycles. The number of halogens is 1. The monoisotopic (exact) mass is 402 g/mol. The van der Waals surface area contributed by atoms with Crippen molar-refractivity contribution in [3.63, 3.8) is 0 Å². The topological polar surface area (TPSA) is 15.3 Å². The Morgan fingerprint density at radius 2 is 1.07 bits per heavy atom. The van der Waals surface area contributed by atoms with E-state index >= 15 is 0 Å². The molecule has 0 aliphatic carbocycles. The van der Waals surface area contributed by atoms with Gasteiger partial charge in [-0.25, -0.2) is 0 Å². The highest BCUT2D eigenvalue weighted by Crippen LogP contribution is 2.09. The van der Waals surface area contributed by atoms with Gasteiger partial charge >= 0.3 is 0 Å². The molecule has 27 heavy (non-hydrogen) atoms. The molecule has 0 aliphatic heterocycles. The van der Waals surface area contributed by atoms with Gasteiger partial charge < -0.3 is 10.2 Å². The maximum absolute atomic E-state index is 3.58. The van der Waals surface area contributed by atoms with Crippen LogP contribution in [0.2, 0.25) is 0 Å². The molecule has 0 bridgehead atoms. The van der Waals surface area contributed by atoms with Gasteiger partial charge in [-0.3, -0.25) is 0 Å². The summed E-state index contributed by atoms with van der Waals surface area (Å²) < 4.78 is 0. The number of hydrogen-bond acceptors (Lipinski definition) is 2. The molecule has 2 nitrogen and oxygen atoms in total. The van der Waals surface area contributed by atoms with Gasteiger partial charge in [-0.05, 0) is 51.7 Å².